The SMILES string of the molecule is O=C(c1ccc(Br)c(O)c1)N(CCCl)Cc1ccccc1. The van der Waals surface area contributed by atoms with E-state index in [9.17, 15) is 9.90 Å². The van der Waals surface area contributed by atoms with Crippen LogP contribution in [0, 0.1) is 0 Å². The predicted molar refractivity (Wildman–Crippen MR) is 87.7 cm³/mol. The minimum atomic E-state index is -0.151. The standard InChI is InChI=1S/C16H15BrClNO2/c17-14-7-6-13(10-15(14)20)16(21)19(9-8-18)11-12-4-2-1-3-5-12/h1-7,10,20H,8-9,11H2. The molecule has 0 saturated heterocycles. The minimum absolute atomic E-state index is 0.0476. The van der Waals surface area contributed by atoms with Gasteiger partial charge >= 0.3 is 0 Å². The molecular weight excluding hydrogens is 354 g/mol. The van der Waals surface area contributed by atoms with Crippen LogP contribution in [-0.4, -0.2) is 28.3 Å². The summed E-state index contributed by atoms with van der Waals surface area (Å²) in [5, 5.41) is 9.71. The van der Waals surface area contributed by atoms with Crippen LogP contribution >= 0.6 is 27.5 Å². The molecule has 3 nitrogen and oxygen atoms in total. The Hall–Kier alpha value is -1.52. The van der Waals surface area contributed by atoms with Crippen molar-refractivity contribution in [1.82, 2.24) is 4.90 Å². The van der Waals surface area contributed by atoms with Gasteiger partial charge in [-0.05, 0) is 39.7 Å². The van der Waals surface area contributed by atoms with Crippen LogP contribution in [0.15, 0.2) is 53.0 Å². The molecule has 0 aliphatic rings. The third-order valence-corrected chi connectivity index (χ3v) is 3.89. The number of alkyl halides is 1. The Kier molecular flexibility index (Phi) is 5.65. The van der Waals surface area contributed by atoms with Crippen molar-refractivity contribution in [3.05, 3.63) is 64.1 Å². The molecule has 0 aliphatic carbocycles. The van der Waals surface area contributed by atoms with Crippen LogP contribution in [0.25, 0.3) is 0 Å². The number of rotatable bonds is 5. The maximum absolute atomic E-state index is 12.5. The summed E-state index contributed by atoms with van der Waals surface area (Å²) < 4.78 is 0.561. The lowest BCUT2D eigenvalue weighted by Gasteiger charge is -2.22. The molecule has 1 amide bonds. The van der Waals surface area contributed by atoms with Gasteiger partial charge in [-0.2, -0.15) is 0 Å². The number of amides is 1. The van der Waals surface area contributed by atoms with Crippen LogP contribution in [0.5, 0.6) is 5.75 Å². The van der Waals surface area contributed by atoms with E-state index in [1.165, 1.54) is 6.07 Å². The average Bonchev–Trinajstić information content (AvgIpc) is 2.50. The molecule has 2 rings (SSSR count). The van der Waals surface area contributed by atoms with Gasteiger partial charge in [-0.3, -0.25) is 4.79 Å². The number of hydrogen-bond donors (Lipinski definition) is 1. The van der Waals surface area contributed by atoms with Gasteiger partial charge in [-0.15, -0.1) is 11.6 Å². The first-order valence-corrected chi connectivity index (χ1v) is 7.82. The first-order valence-electron chi connectivity index (χ1n) is 6.49. The van der Waals surface area contributed by atoms with Crippen molar-refractivity contribution < 1.29 is 9.90 Å². The summed E-state index contributed by atoms with van der Waals surface area (Å²) in [7, 11) is 0. The summed E-state index contributed by atoms with van der Waals surface area (Å²) >= 11 is 9.00. The Morgan fingerprint density at radius 3 is 2.52 bits per heavy atom. The van der Waals surface area contributed by atoms with Gasteiger partial charge in [-0.1, -0.05) is 30.3 Å². The smallest absolute Gasteiger partial charge is 0.254 e. The van der Waals surface area contributed by atoms with Gasteiger partial charge in [0.25, 0.3) is 5.91 Å². The van der Waals surface area contributed by atoms with Crippen molar-refractivity contribution in [2.75, 3.05) is 12.4 Å². The van der Waals surface area contributed by atoms with E-state index in [2.05, 4.69) is 15.9 Å². The molecule has 2 aromatic carbocycles. The normalized spacial score (nSPS) is 10.4. The van der Waals surface area contributed by atoms with Crippen LogP contribution in [0.1, 0.15) is 15.9 Å². The maximum Gasteiger partial charge on any atom is 0.254 e. The van der Waals surface area contributed by atoms with Crippen molar-refractivity contribution in [2.45, 2.75) is 6.54 Å². The molecule has 0 aromatic heterocycles. The highest BCUT2D eigenvalue weighted by Crippen LogP contribution is 2.25. The molecule has 0 unspecified atom stereocenters. The first kappa shape index (κ1) is 15.9. The second-order valence-corrected chi connectivity index (χ2v) is 5.80. The zero-order valence-corrected chi connectivity index (χ0v) is 13.6. The van der Waals surface area contributed by atoms with E-state index in [4.69, 9.17) is 11.6 Å². The van der Waals surface area contributed by atoms with Crippen molar-refractivity contribution >= 4 is 33.4 Å². The molecule has 5 heteroatoms. The Balaban J connectivity index is 2.20. The summed E-state index contributed by atoms with van der Waals surface area (Å²) in [6.07, 6.45) is 0. The van der Waals surface area contributed by atoms with E-state index < -0.39 is 0 Å². The summed E-state index contributed by atoms with van der Waals surface area (Å²) in [4.78, 5) is 14.2. The number of phenolic OH excluding ortho intramolecular Hbond substituents is 1. The van der Waals surface area contributed by atoms with Crippen molar-refractivity contribution in [3.63, 3.8) is 0 Å². The van der Waals surface area contributed by atoms with Gasteiger partial charge < -0.3 is 10.0 Å². The van der Waals surface area contributed by atoms with E-state index in [1.54, 1.807) is 17.0 Å². The topological polar surface area (TPSA) is 40.5 Å². The van der Waals surface area contributed by atoms with Crippen LogP contribution < -0.4 is 0 Å². The lowest BCUT2D eigenvalue weighted by molar-refractivity contribution is 0.0753. The zero-order chi connectivity index (χ0) is 15.2. The molecule has 2 aromatic rings. The number of halogens is 2. The lowest BCUT2D eigenvalue weighted by atomic mass is 10.1. The molecule has 0 bridgehead atoms. The van der Waals surface area contributed by atoms with Crippen LogP contribution in [0.4, 0.5) is 0 Å². The summed E-state index contributed by atoms with van der Waals surface area (Å²) in [5.41, 5.74) is 1.48. The third-order valence-electron chi connectivity index (χ3n) is 3.05. The van der Waals surface area contributed by atoms with Gasteiger partial charge in [0.15, 0.2) is 0 Å². The van der Waals surface area contributed by atoms with E-state index in [1.807, 2.05) is 30.3 Å². The van der Waals surface area contributed by atoms with Gasteiger partial charge in [0.05, 0.1) is 4.47 Å². The minimum Gasteiger partial charge on any atom is -0.507 e. The van der Waals surface area contributed by atoms with Gasteiger partial charge in [0.1, 0.15) is 5.75 Å². The summed E-state index contributed by atoms with van der Waals surface area (Å²) in [6.45, 7) is 0.940. The highest BCUT2D eigenvalue weighted by molar-refractivity contribution is 9.10. The number of phenols is 1. The van der Waals surface area contributed by atoms with Crippen LogP contribution in [-0.2, 0) is 6.54 Å². The molecule has 0 radical (unpaired) electrons. The molecule has 1 N–H and O–H groups in total. The number of benzene rings is 2. The fraction of sp³-hybridized carbons (Fsp3) is 0.188. The second-order valence-electron chi connectivity index (χ2n) is 4.57. The highest BCUT2D eigenvalue weighted by atomic mass is 79.9. The largest absolute Gasteiger partial charge is 0.507 e. The monoisotopic (exact) mass is 367 g/mol. The average molecular weight is 369 g/mol. The first-order chi connectivity index (χ1) is 10.1. The number of carbonyl (C=O) groups is 1. The molecule has 21 heavy (non-hydrogen) atoms. The number of hydrogen-bond acceptors (Lipinski definition) is 2. The van der Waals surface area contributed by atoms with E-state index in [-0.39, 0.29) is 11.7 Å². The Morgan fingerprint density at radius 1 is 1.19 bits per heavy atom. The predicted octanol–water partition coefficient (Wildman–Crippen LogP) is 4.04. The van der Waals surface area contributed by atoms with Gasteiger partial charge in [-0.25, -0.2) is 0 Å². The molecule has 0 spiro atoms. The molecule has 110 valence electrons. The molecule has 0 aliphatic heterocycles. The number of nitrogens with zero attached hydrogens (tertiary/aromatic N) is 1. The Bertz CT molecular complexity index is 619. The van der Waals surface area contributed by atoms with E-state index >= 15 is 0 Å². The third kappa shape index (κ3) is 4.22. The number of carbonyl (C=O) groups excluding carboxylic acids is 1. The van der Waals surface area contributed by atoms with Crippen LogP contribution in [0.3, 0.4) is 0 Å². The van der Waals surface area contributed by atoms with Crippen molar-refractivity contribution in [3.8, 4) is 5.75 Å². The zero-order valence-electron chi connectivity index (χ0n) is 11.3. The molecule has 0 atom stereocenters. The highest BCUT2D eigenvalue weighted by Gasteiger charge is 2.16. The Morgan fingerprint density at radius 2 is 1.90 bits per heavy atom. The fourth-order valence-electron chi connectivity index (χ4n) is 1.99. The van der Waals surface area contributed by atoms with E-state index in [0.717, 1.165) is 5.56 Å². The quantitative estimate of drug-likeness (QED) is 0.809. The van der Waals surface area contributed by atoms with E-state index in [0.29, 0.717) is 29.0 Å². The van der Waals surface area contributed by atoms with Crippen molar-refractivity contribution in [2.24, 2.45) is 0 Å². The lowest BCUT2D eigenvalue weighted by Crippen LogP contribution is -2.32. The molecule has 0 saturated carbocycles. The second kappa shape index (κ2) is 7.48. The summed E-state index contributed by atoms with van der Waals surface area (Å²) in [5.74, 6) is 0.259. The maximum atomic E-state index is 12.5. The van der Waals surface area contributed by atoms with Gasteiger partial charge in [0.2, 0.25) is 0 Å². The van der Waals surface area contributed by atoms with Gasteiger partial charge in [0, 0.05) is 24.5 Å². The van der Waals surface area contributed by atoms with Crippen molar-refractivity contribution in [1.29, 1.82) is 0 Å². The molecule has 0 heterocycles. The molecular formula is C16H15BrClNO2. The molecule has 0 fully saturated rings. The summed E-state index contributed by atoms with van der Waals surface area (Å²) in [6, 6.07) is 14.5. The number of aromatic hydroxyl groups is 1. The van der Waals surface area contributed by atoms with Crippen LogP contribution in [0.2, 0.25) is 0 Å². The fourth-order valence-corrected chi connectivity index (χ4v) is 2.44. The Labute approximate surface area is 137 Å².